The normalized spacial score (nSPS) is 11.6. The summed E-state index contributed by atoms with van der Waals surface area (Å²) in [6.45, 7) is 2.42. The molecule has 0 atom stereocenters. The highest BCUT2D eigenvalue weighted by Gasteiger charge is 2.09. The number of primary sulfonamides is 1. The fourth-order valence-corrected chi connectivity index (χ4v) is 2.49. The van der Waals surface area contributed by atoms with Crippen molar-refractivity contribution in [3.05, 3.63) is 65.7 Å². The highest BCUT2D eigenvalue weighted by atomic mass is 32.2. The number of hydrogen-bond acceptors (Lipinski definition) is 4. The third-order valence-electron chi connectivity index (χ3n) is 3.10. The van der Waals surface area contributed by atoms with Crippen LogP contribution in [0.5, 0.6) is 5.75 Å². The van der Waals surface area contributed by atoms with Gasteiger partial charge in [-0.05, 0) is 49.4 Å². The maximum absolute atomic E-state index is 12.1. The van der Waals surface area contributed by atoms with E-state index in [1.807, 2.05) is 31.2 Å². The van der Waals surface area contributed by atoms with Crippen LogP contribution < -0.4 is 9.88 Å². The first kappa shape index (κ1) is 16.9. The Kier molecular flexibility index (Phi) is 5.31. The highest BCUT2D eigenvalue weighted by molar-refractivity contribution is 7.89. The van der Waals surface area contributed by atoms with E-state index in [2.05, 4.69) is 0 Å². The first-order valence-electron chi connectivity index (χ1n) is 6.99. The molecule has 0 spiro atoms. The highest BCUT2D eigenvalue weighted by Crippen LogP contribution is 2.20. The Hall–Kier alpha value is -2.44. The molecule has 2 N–H and O–H groups in total. The molecular weight excluding hydrogens is 314 g/mol. The second-order valence-corrected chi connectivity index (χ2v) is 6.30. The predicted octanol–water partition coefficient (Wildman–Crippen LogP) is 2.63. The first-order valence-corrected chi connectivity index (χ1v) is 8.53. The standard InChI is InChI=1S/C17H17NO4S/c1-2-22-17-6-4-3-5-14(17)9-12-16(19)13-7-10-15(11-8-13)23(18,20)21/h3-12H,2H2,1H3,(H2,18,20,21)/b12-9+. The Morgan fingerprint density at radius 2 is 1.78 bits per heavy atom. The molecule has 2 aromatic carbocycles. The molecule has 5 nitrogen and oxygen atoms in total. The summed E-state index contributed by atoms with van der Waals surface area (Å²) in [4.78, 5) is 12.1. The number of allylic oxidation sites excluding steroid dienone is 1. The zero-order chi connectivity index (χ0) is 16.9. The van der Waals surface area contributed by atoms with Crippen LogP contribution in [-0.4, -0.2) is 20.8 Å². The molecular formula is C17H17NO4S. The zero-order valence-corrected chi connectivity index (χ0v) is 13.4. The van der Waals surface area contributed by atoms with Gasteiger partial charge in [0.25, 0.3) is 0 Å². The quantitative estimate of drug-likeness (QED) is 0.651. The van der Waals surface area contributed by atoms with E-state index in [4.69, 9.17) is 9.88 Å². The Bertz CT molecular complexity index is 824. The predicted molar refractivity (Wildman–Crippen MR) is 88.8 cm³/mol. The maximum Gasteiger partial charge on any atom is 0.238 e. The van der Waals surface area contributed by atoms with E-state index >= 15 is 0 Å². The Morgan fingerprint density at radius 1 is 1.13 bits per heavy atom. The van der Waals surface area contributed by atoms with Crippen LogP contribution in [0.2, 0.25) is 0 Å². The summed E-state index contributed by atoms with van der Waals surface area (Å²) in [5, 5.41) is 5.02. The number of hydrogen-bond donors (Lipinski definition) is 1. The summed E-state index contributed by atoms with van der Waals surface area (Å²) in [7, 11) is -3.76. The zero-order valence-electron chi connectivity index (χ0n) is 12.6. The minimum Gasteiger partial charge on any atom is -0.493 e. The molecule has 0 aliphatic rings. The third kappa shape index (κ3) is 4.51. The summed E-state index contributed by atoms with van der Waals surface area (Å²) in [5.74, 6) is 0.459. The molecule has 0 bridgehead atoms. The van der Waals surface area contributed by atoms with Crippen LogP contribution in [0.1, 0.15) is 22.8 Å². The largest absolute Gasteiger partial charge is 0.493 e. The number of rotatable bonds is 6. The minimum atomic E-state index is -3.76. The van der Waals surface area contributed by atoms with Gasteiger partial charge < -0.3 is 4.74 Å². The fraction of sp³-hybridized carbons (Fsp3) is 0.118. The van der Waals surface area contributed by atoms with Gasteiger partial charge in [-0.25, -0.2) is 13.6 Å². The van der Waals surface area contributed by atoms with Crippen LogP contribution >= 0.6 is 0 Å². The summed E-state index contributed by atoms with van der Waals surface area (Å²) < 4.78 is 27.9. The van der Waals surface area contributed by atoms with Crippen molar-refractivity contribution in [3.63, 3.8) is 0 Å². The van der Waals surface area contributed by atoms with Crippen molar-refractivity contribution in [1.82, 2.24) is 0 Å². The van der Waals surface area contributed by atoms with Crippen molar-refractivity contribution in [2.24, 2.45) is 5.14 Å². The molecule has 0 fully saturated rings. The van der Waals surface area contributed by atoms with E-state index in [0.717, 1.165) is 5.56 Å². The summed E-state index contributed by atoms with van der Waals surface area (Å²) >= 11 is 0. The fourth-order valence-electron chi connectivity index (χ4n) is 1.98. The number of benzene rings is 2. The molecule has 0 heterocycles. The monoisotopic (exact) mass is 331 g/mol. The lowest BCUT2D eigenvalue weighted by Crippen LogP contribution is -2.12. The average Bonchev–Trinajstić information content (AvgIpc) is 2.53. The van der Waals surface area contributed by atoms with Crippen molar-refractivity contribution in [2.75, 3.05) is 6.61 Å². The number of carbonyl (C=O) groups excluding carboxylic acids is 1. The van der Waals surface area contributed by atoms with E-state index in [1.165, 1.54) is 30.3 Å². The van der Waals surface area contributed by atoms with Gasteiger partial charge in [-0.3, -0.25) is 4.79 Å². The number of nitrogens with two attached hydrogens (primary N) is 1. The second kappa shape index (κ2) is 7.21. The number of ketones is 1. The van der Waals surface area contributed by atoms with Crippen molar-refractivity contribution in [1.29, 1.82) is 0 Å². The van der Waals surface area contributed by atoms with Gasteiger partial charge in [0.1, 0.15) is 5.75 Å². The average molecular weight is 331 g/mol. The van der Waals surface area contributed by atoms with Gasteiger partial charge >= 0.3 is 0 Å². The van der Waals surface area contributed by atoms with Crippen LogP contribution in [-0.2, 0) is 10.0 Å². The molecule has 0 aromatic heterocycles. The maximum atomic E-state index is 12.1. The first-order chi connectivity index (χ1) is 10.9. The lowest BCUT2D eigenvalue weighted by molar-refractivity contribution is 0.104. The van der Waals surface area contributed by atoms with Gasteiger partial charge in [0, 0.05) is 11.1 Å². The molecule has 120 valence electrons. The van der Waals surface area contributed by atoms with Gasteiger partial charge in [0.05, 0.1) is 11.5 Å². The Labute approximate surface area is 135 Å². The minimum absolute atomic E-state index is 0.0280. The van der Waals surface area contributed by atoms with Crippen LogP contribution in [0.4, 0.5) is 0 Å². The number of para-hydroxylation sites is 1. The Morgan fingerprint density at radius 3 is 2.39 bits per heavy atom. The smallest absolute Gasteiger partial charge is 0.238 e. The number of carbonyl (C=O) groups is 1. The van der Waals surface area contributed by atoms with E-state index in [-0.39, 0.29) is 10.7 Å². The van der Waals surface area contributed by atoms with Crippen LogP contribution in [0, 0.1) is 0 Å². The van der Waals surface area contributed by atoms with Crippen molar-refractivity contribution in [2.45, 2.75) is 11.8 Å². The molecule has 0 aliphatic carbocycles. The van der Waals surface area contributed by atoms with E-state index in [9.17, 15) is 13.2 Å². The molecule has 0 saturated heterocycles. The molecule has 0 amide bonds. The van der Waals surface area contributed by atoms with E-state index in [0.29, 0.717) is 17.9 Å². The van der Waals surface area contributed by atoms with Crippen molar-refractivity contribution in [3.8, 4) is 5.75 Å². The van der Waals surface area contributed by atoms with E-state index in [1.54, 1.807) is 6.08 Å². The number of sulfonamides is 1. The van der Waals surface area contributed by atoms with Crippen LogP contribution in [0.25, 0.3) is 6.08 Å². The van der Waals surface area contributed by atoms with Gasteiger partial charge in [-0.2, -0.15) is 0 Å². The topological polar surface area (TPSA) is 86.5 Å². The number of ether oxygens (including phenoxy) is 1. The van der Waals surface area contributed by atoms with Crippen LogP contribution in [0.3, 0.4) is 0 Å². The molecule has 23 heavy (non-hydrogen) atoms. The summed E-state index contributed by atoms with van der Waals surface area (Å²) in [5.41, 5.74) is 1.17. The van der Waals surface area contributed by atoms with Gasteiger partial charge in [0.2, 0.25) is 10.0 Å². The summed E-state index contributed by atoms with van der Waals surface area (Å²) in [6.07, 6.45) is 3.09. The van der Waals surface area contributed by atoms with Crippen molar-refractivity contribution < 1.29 is 17.9 Å². The molecule has 0 unspecified atom stereocenters. The van der Waals surface area contributed by atoms with Gasteiger partial charge in [0.15, 0.2) is 5.78 Å². The second-order valence-electron chi connectivity index (χ2n) is 4.74. The molecule has 2 aromatic rings. The molecule has 0 saturated carbocycles. The van der Waals surface area contributed by atoms with E-state index < -0.39 is 10.0 Å². The van der Waals surface area contributed by atoms with Gasteiger partial charge in [-0.1, -0.05) is 18.2 Å². The van der Waals surface area contributed by atoms with Crippen LogP contribution in [0.15, 0.2) is 59.5 Å². The summed E-state index contributed by atoms with van der Waals surface area (Å²) in [6, 6.07) is 12.9. The molecule has 0 aliphatic heterocycles. The molecule has 0 radical (unpaired) electrons. The molecule has 2 rings (SSSR count). The Balaban J connectivity index is 2.19. The third-order valence-corrected chi connectivity index (χ3v) is 4.03. The van der Waals surface area contributed by atoms with Crippen molar-refractivity contribution >= 4 is 21.9 Å². The molecule has 6 heteroatoms. The lowest BCUT2D eigenvalue weighted by atomic mass is 10.1. The SMILES string of the molecule is CCOc1ccccc1/C=C/C(=O)c1ccc(S(N)(=O)=O)cc1. The van der Waals surface area contributed by atoms with Gasteiger partial charge in [-0.15, -0.1) is 0 Å². The lowest BCUT2D eigenvalue weighted by Gasteiger charge is -2.06.